The average molecular weight is 353 g/mol. The highest BCUT2D eigenvalue weighted by atomic mass is 16.1. The molecule has 0 aliphatic rings. The van der Waals surface area contributed by atoms with Crippen molar-refractivity contribution in [3.8, 4) is 0 Å². The monoisotopic (exact) mass is 353 g/mol. The van der Waals surface area contributed by atoms with E-state index in [0.717, 1.165) is 16.8 Å². The number of hydrogen-bond donors (Lipinski definition) is 1. The number of nitrogens with zero attached hydrogens (tertiary/aromatic N) is 4. The van der Waals surface area contributed by atoms with Gasteiger partial charge >= 0.3 is 0 Å². The Morgan fingerprint density at radius 3 is 2.65 bits per heavy atom. The molecule has 2 heterocycles. The van der Waals surface area contributed by atoms with Gasteiger partial charge in [0.25, 0.3) is 11.5 Å². The van der Waals surface area contributed by atoms with Crippen LogP contribution in [0.15, 0.2) is 29.2 Å². The van der Waals surface area contributed by atoms with Crippen LogP contribution < -0.4 is 10.9 Å². The fourth-order valence-electron chi connectivity index (χ4n) is 3.13. The molecule has 7 heteroatoms. The molecule has 3 rings (SSSR count). The van der Waals surface area contributed by atoms with Gasteiger partial charge in [0.15, 0.2) is 0 Å². The SMILES string of the molecule is CCn1c(=O)c(C)nc2cc(C(=O)NC(C)c3cnn(C)c3C)ccc21. The van der Waals surface area contributed by atoms with E-state index in [2.05, 4.69) is 15.4 Å². The minimum absolute atomic E-state index is 0.0992. The van der Waals surface area contributed by atoms with Gasteiger partial charge in [-0.2, -0.15) is 5.10 Å². The molecule has 3 aromatic rings. The van der Waals surface area contributed by atoms with Gasteiger partial charge in [-0.3, -0.25) is 14.3 Å². The zero-order valence-corrected chi connectivity index (χ0v) is 15.7. The summed E-state index contributed by atoms with van der Waals surface area (Å²) < 4.78 is 3.45. The lowest BCUT2D eigenvalue weighted by Gasteiger charge is -2.15. The van der Waals surface area contributed by atoms with E-state index in [1.807, 2.05) is 27.8 Å². The first kappa shape index (κ1) is 17.8. The fraction of sp³-hybridized carbons (Fsp3) is 0.368. The second kappa shape index (κ2) is 6.74. The highest BCUT2D eigenvalue weighted by Gasteiger charge is 2.17. The molecule has 0 fully saturated rings. The number of nitrogens with one attached hydrogen (secondary N) is 1. The minimum atomic E-state index is -0.184. The van der Waals surface area contributed by atoms with E-state index in [4.69, 9.17) is 0 Å². The van der Waals surface area contributed by atoms with Gasteiger partial charge in [0.05, 0.1) is 23.3 Å². The third-order valence-corrected chi connectivity index (χ3v) is 4.77. The van der Waals surface area contributed by atoms with Crippen molar-refractivity contribution in [3.05, 3.63) is 57.3 Å². The first-order chi connectivity index (χ1) is 12.3. The van der Waals surface area contributed by atoms with Crippen LogP contribution in [0.1, 0.15) is 47.2 Å². The summed E-state index contributed by atoms with van der Waals surface area (Å²) in [7, 11) is 1.87. The molecule has 1 atom stereocenters. The standard InChI is InChI=1S/C19H23N5O2/c1-6-24-17-8-7-14(9-16(17)21-12(3)19(24)26)18(25)22-11(2)15-10-20-23(5)13(15)4/h7-11H,6H2,1-5H3,(H,22,25). The summed E-state index contributed by atoms with van der Waals surface area (Å²) in [6.45, 7) is 8.06. The normalized spacial score (nSPS) is 12.3. The van der Waals surface area contributed by atoms with Gasteiger partial charge in [-0.1, -0.05) is 0 Å². The summed E-state index contributed by atoms with van der Waals surface area (Å²) in [4.78, 5) is 29.2. The molecule has 0 bridgehead atoms. The number of rotatable bonds is 4. The number of amides is 1. The molecule has 0 aliphatic carbocycles. The third-order valence-electron chi connectivity index (χ3n) is 4.77. The summed E-state index contributed by atoms with van der Waals surface area (Å²) in [6, 6.07) is 5.07. The summed E-state index contributed by atoms with van der Waals surface area (Å²) in [5, 5.41) is 7.22. The van der Waals surface area contributed by atoms with E-state index in [0.29, 0.717) is 23.3 Å². The van der Waals surface area contributed by atoms with Gasteiger partial charge in [-0.15, -0.1) is 0 Å². The predicted octanol–water partition coefficient (Wildman–Crippen LogP) is 2.26. The van der Waals surface area contributed by atoms with Crippen LogP contribution in [0.2, 0.25) is 0 Å². The summed E-state index contributed by atoms with van der Waals surface area (Å²) in [5.41, 5.74) is 4.21. The minimum Gasteiger partial charge on any atom is -0.345 e. The lowest BCUT2D eigenvalue weighted by atomic mass is 10.1. The van der Waals surface area contributed by atoms with Crippen molar-refractivity contribution in [1.29, 1.82) is 0 Å². The molecule has 1 amide bonds. The lowest BCUT2D eigenvalue weighted by Crippen LogP contribution is -2.27. The molecule has 2 aromatic heterocycles. The van der Waals surface area contributed by atoms with Crippen molar-refractivity contribution in [2.45, 2.75) is 40.3 Å². The molecule has 0 saturated carbocycles. The summed E-state index contributed by atoms with van der Waals surface area (Å²) in [6.07, 6.45) is 1.77. The molecule has 0 saturated heterocycles. The van der Waals surface area contributed by atoms with Crippen LogP contribution in [0.5, 0.6) is 0 Å². The molecule has 1 aromatic carbocycles. The van der Waals surface area contributed by atoms with E-state index in [1.165, 1.54) is 0 Å². The van der Waals surface area contributed by atoms with E-state index in [-0.39, 0.29) is 17.5 Å². The van der Waals surface area contributed by atoms with Gasteiger partial charge in [0.2, 0.25) is 0 Å². The Kier molecular flexibility index (Phi) is 4.63. The van der Waals surface area contributed by atoms with E-state index < -0.39 is 0 Å². The Hall–Kier alpha value is -2.96. The Bertz CT molecular complexity index is 1050. The molecule has 7 nitrogen and oxygen atoms in total. The Morgan fingerprint density at radius 1 is 1.31 bits per heavy atom. The highest BCUT2D eigenvalue weighted by Crippen LogP contribution is 2.18. The van der Waals surface area contributed by atoms with Crippen LogP contribution in [-0.2, 0) is 13.6 Å². The smallest absolute Gasteiger partial charge is 0.272 e. The van der Waals surface area contributed by atoms with Gasteiger partial charge < -0.3 is 9.88 Å². The topological polar surface area (TPSA) is 81.8 Å². The van der Waals surface area contributed by atoms with E-state index in [9.17, 15) is 9.59 Å². The summed E-state index contributed by atoms with van der Waals surface area (Å²) >= 11 is 0. The predicted molar refractivity (Wildman–Crippen MR) is 100 cm³/mol. The first-order valence-corrected chi connectivity index (χ1v) is 8.64. The van der Waals surface area contributed by atoms with E-state index >= 15 is 0 Å². The van der Waals surface area contributed by atoms with Crippen molar-refractivity contribution in [2.75, 3.05) is 0 Å². The van der Waals surface area contributed by atoms with Crippen molar-refractivity contribution in [2.24, 2.45) is 7.05 Å². The number of carbonyl (C=O) groups excluding carboxylic acids is 1. The van der Waals surface area contributed by atoms with Gasteiger partial charge in [-0.05, 0) is 45.9 Å². The van der Waals surface area contributed by atoms with Crippen molar-refractivity contribution in [3.63, 3.8) is 0 Å². The number of fused-ring (bicyclic) bond motifs is 1. The van der Waals surface area contributed by atoms with Gasteiger partial charge in [-0.25, -0.2) is 4.98 Å². The third kappa shape index (κ3) is 3.00. The zero-order chi connectivity index (χ0) is 19.0. The van der Waals surface area contributed by atoms with Crippen LogP contribution in [-0.4, -0.2) is 25.2 Å². The molecule has 0 aliphatic heterocycles. The molecule has 1 unspecified atom stereocenters. The average Bonchev–Trinajstić information content (AvgIpc) is 2.95. The number of benzene rings is 1. The zero-order valence-electron chi connectivity index (χ0n) is 15.7. The number of aryl methyl sites for hydroxylation is 3. The fourth-order valence-corrected chi connectivity index (χ4v) is 3.13. The molecule has 0 radical (unpaired) electrons. The second-order valence-corrected chi connectivity index (χ2v) is 6.45. The second-order valence-electron chi connectivity index (χ2n) is 6.45. The molecule has 26 heavy (non-hydrogen) atoms. The summed E-state index contributed by atoms with van der Waals surface area (Å²) in [5.74, 6) is -0.184. The molecular formula is C19H23N5O2. The molecule has 136 valence electrons. The van der Waals surface area contributed by atoms with Crippen LogP contribution in [0.3, 0.4) is 0 Å². The maximum atomic E-state index is 12.7. The molecule has 1 N–H and O–H groups in total. The van der Waals surface area contributed by atoms with Gasteiger partial charge in [0.1, 0.15) is 5.69 Å². The van der Waals surface area contributed by atoms with Crippen LogP contribution in [0, 0.1) is 13.8 Å². The van der Waals surface area contributed by atoms with Crippen molar-refractivity contribution >= 4 is 16.9 Å². The highest BCUT2D eigenvalue weighted by molar-refractivity contribution is 5.97. The van der Waals surface area contributed by atoms with Crippen molar-refractivity contribution in [1.82, 2.24) is 24.6 Å². The van der Waals surface area contributed by atoms with Crippen LogP contribution in [0.25, 0.3) is 11.0 Å². The molecule has 0 spiro atoms. The largest absolute Gasteiger partial charge is 0.345 e. The Labute approximate surface area is 151 Å². The Balaban J connectivity index is 1.93. The van der Waals surface area contributed by atoms with Gasteiger partial charge in [0, 0.05) is 30.4 Å². The lowest BCUT2D eigenvalue weighted by molar-refractivity contribution is 0.0940. The first-order valence-electron chi connectivity index (χ1n) is 8.64. The number of carbonyl (C=O) groups is 1. The van der Waals surface area contributed by atoms with Crippen molar-refractivity contribution < 1.29 is 4.79 Å². The Morgan fingerprint density at radius 2 is 2.04 bits per heavy atom. The molecular weight excluding hydrogens is 330 g/mol. The van der Waals surface area contributed by atoms with Crippen LogP contribution >= 0.6 is 0 Å². The maximum Gasteiger partial charge on any atom is 0.272 e. The maximum absolute atomic E-state index is 12.7. The van der Waals surface area contributed by atoms with Crippen LogP contribution in [0.4, 0.5) is 0 Å². The number of aromatic nitrogens is 4. The van der Waals surface area contributed by atoms with E-state index in [1.54, 1.807) is 40.6 Å². The number of hydrogen-bond acceptors (Lipinski definition) is 4. The quantitative estimate of drug-likeness (QED) is 0.780.